The second-order valence-electron chi connectivity index (χ2n) is 4.55. The van der Waals surface area contributed by atoms with E-state index in [0.29, 0.717) is 0 Å². The molecule has 0 spiro atoms. The van der Waals surface area contributed by atoms with Gasteiger partial charge in [-0.3, -0.25) is 4.98 Å². The highest BCUT2D eigenvalue weighted by Gasteiger charge is 2.11. The van der Waals surface area contributed by atoms with Crippen LogP contribution in [0.15, 0.2) is 36.7 Å². The van der Waals surface area contributed by atoms with E-state index in [1.165, 1.54) is 16.7 Å². The number of pyridine rings is 1. The van der Waals surface area contributed by atoms with Gasteiger partial charge in [0, 0.05) is 12.4 Å². The number of aryl methyl sites for hydroxylation is 3. The Labute approximate surface area is 103 Å². The number of aromatic nitrogens is 1. The molecule has 0 radical (unpaired) electrons. The largest absolute Gasteiger partial charge is 0.320 e. The fourth-order valence-corrected chi connectivity index (χ4v) is 1.94. The summed E-state index contributed by atoms with van der Waals surface area (Å²) in [6.07, 6.45) is 3.65. The van der Waals surface area contributed by atoms with Crippen molar-refractivity contribution in [2.75, 3.05) is 0 Å². The van der Waals surface area contributed by atoms with Crippen molar-refractivity contribution >= 4 is 0 Å². The molecule has 1 unspecified atom stereocenters. The molecule has 17 heavy (non-hydrogen) atoms. The van der Waals surface area contributed by atoms with Gasteiger partial charge in [-0.1, -0.05) is 18.2 Å². The van der Waals surface area contributed by atoms with Crippen LogP contribution in [0.4, 0.5) is 0 Å². The van der Waals surface area contributed by atoms with Crippen molar-refractivity contribution in [3.05, 3.63) is 64.5 Å². The SMILES string of the molecule is Cc1ccc(C(N)c2cnccc2C)cc1C. The Morgan fingerprint density at radius 1 is 1.00 bits per heavy atom. The normalized spacial score (nSPS) is 12.5. The highest BCUT2D eigenvalue weighted by molar-refractivity contribution is 5.38. The summed E-state index contributed by atoms with van der Waals surface area (Å²) in [5.41, 5.74) is 12.3. The molecule has 2 rings (SSSR count). The van der Waals surface area contributed by atoms with Gasteiger partial charge in [0.1, 0.15) is 0 Å². The number of hydrogen-bond acceptors (Lipinski definition) is 2. The van der Waals surface area contributed by atoms with Gasteiger partial charge in [0.05, 0.1) is 6.04 Å². The van der Waals surface area contributed by atoms with Crippen LogP contribution in [0.25, 0.3) is 0 Å². The molecular formula is C15H18N2. The van der Waals surface area contributed by atoms with Gasteiger partial charge in [-0.25, -0.2) is 0 Å². The fraction of sp³-hybridized carbons (Fsp3) is 0.267. The monoisotopic (exact) mass is 226 g/mol. The van der Waals surface area contributed by atoms with Gasteiger partial charge < -0.3 is 5.73 Å². The van der Waals surface area contributed by atoms with E-state index in [4.69, 9.17) is 5.73 Å². The van der Waals surface area contributed by atoms with Crippen LogP contribution in [-0.4, -0.2) is 4.98 Å². The number of hydrogen-bond donors (Lipinski definition) is 1. The maximum Gasteiger partial charge on any atom is 0.0569 e. The zero-order valence-corrected chi connectivity index (χ0v) is 10.6. The second-order valence-corrected chi connectivity index (χ2v) is 4.55. The molecule has 0 bridgehead atoms. The van der Waals surface area contributed by atoms with Crippen molar-refractivity contribution in [2.24, 2.45) is 5.73 Å². The fourth-order valence-electron chi connectivity index (χ4n) is 1.94. The van der Waals surface area contributed by atoms with E-state index >= 15 is 0 Å². The Kier molecular flexibility index (Phi) is 3.25. The summed E-state index contributed by atoms with van der Waals surface area (Å²) in [4.78, 5) is 4.15. The maximum atomic E-state index is 6.30. The predicted molar refractivity (Wildman–Crippen MR) is 70.9 cm³/mol. The first-order valence-electron chi connectivity index (χ1n) is 5.83. The molecule has 2 heteroatoms. The first-order valence-corrected chi connectivity index (χ1v) is 5.83. The van der Waals surface area contributed by atoms with Crippen molar-refractivity contribution in [3.63, 3.8) is 0 Å². The standard InChI is InChI=1S/C15H18N2/c1-10-4-5-13(8-12(10)3)15(16)14-9-17-7-6-11(14)2/h4-9,15H,16H2,1-3H3. The van der Waals surface area contributed by atoms with Crippen LogP contribution in [0, 0.1) is 20.8 Å². The lowest BCUT2D eigenvalue weighted by Crippen LogP contribution is -2.13. The minimum Gasteiger partial charge on any atom is -0.320 e. The third kappa shape index (κ3) is 2.37. The third-order valence-corrected chi connectivity index (χ3v) is 3.30. The Morgan fingerprint density at radius 2 is 1.76 bits per heavy atom. The smallest absolute Gasteiger partial charge is 0.0569 e. The lowest BCUT2D eigenvalue weighted by molar-refractivity contribution is 0.850. The molecule has 2 nitrogen and oxygen atoms in total. The van der Waals surface area contributed by atoms with Crippen molar-refractivity contribution in [1.82, 2.24) is 4.98 Å². The van der Waals surface area contributed by atoms with Crippen LogP contribution in [0.1, 0.15) is 33.9 Å². The van der Waals surface area contributed by atoms with Gasteiger partial charge in [-0.15, -0.1) is 0 Å². The first kappa shape index (κ1) is 11.8. The Bertz CT molecular complexity index is 532. The van der Waals surface area contributed by atoms with Crippen LogP contribution in [0.5, 0.6) is 0 Å². The topological polar surface area (TPSA) is 38.9 Å². The second kappa shape index (κ2) is 4.68. The number of nitrogens with two attached hydrogens (primary N) is 1. The molecule has 0 fully saturated rings. The Balaban J connectivity index is 2.40. The highest BCUT2D eigenvalue weighted by Crippen LogP contribution is 2.23. The lowest BCUT2D eigenvalue weighted by atomic mass is 9.95. The van der Waals surface area contributed by atoms with Gasteiger partial charge in [-0.2, -0.15) is 0 Å². The molecule has 0 aliphatic rings. The summed E-state index contributed by atoms with van der Waals surface area (Å²) < 4.78 is 0. The van der Waals surface area contributed by atoms with E-state index in [9.17, 15) is 0 Å². The van der Waals surface area contributed by atoms with Gasteiger partial charge in [0.15, 0.2) is 0 Å². The summed E-state index contributed by atoms with van der Waals surface area (Å²) >= 11 is 0. The van der Waals surface area contributed by atoms with E-state index in [2.05, 4.69) is 44.0 Å². The van der Waals surface area contributed by atoms with E-state index in [-0.39, 0.29) is 6.04 Å². The number of rotatable bonds is 2. The van der Waals surface area contributed by atoms with Gasteiger partial charge in [0.25, 0.3) is 0 Å². The van der Waals surface area contributed by atoms with E-state index < -0.39 is 0 Å². The van der Waals surface area contributed by atoms with Gasteiger partial charge in [-0.05, 0) is 54.7 Å². The third-order valence-electron chi connectivity index (χ3n) is 3.30. The molecule has 2 N–H and O–H groups in total. The lowest BCUT2D eigenvalue weighted by Gasteiger charge is -2.15. The van der Waals surface area contributed by atoms with E-state index in [1.807, 2.05) is 12.3 Å². The maximum absolute atomic E-state index is 6.30. The van der Waals surface area contributed by atoms with Gasteiger partial charge >= 0.3 is 0 Å². The summed E-state index contributed by atoms with van der Waals surface area (Å²) in [5, 5.41) is 0. The van der Waals surface area contributed by atoms with Crippen LogP contribution >= 0.6 is 0 Å². The molecule has 2 aromatic rings. The number of nitrogens with zero attached hydrogens (tertiary/aromatic N) is 1. The van der Waals surface area contributed by atoms with Crippen LogP contribution in [-0.2, 0) is 0 Å². The zero-order chi connectivity index (χ0) is 12.4. The van der Waals surface area contributed by atoms with Crippen molar-refractivity contribution < 1.29 is 0 Å². The molecule has 1 aromatic carbocycles. The predicted octanol–water partition coefficient (Wildman–Crippen LogP) is 3.05. The minimum atomic E-state index is -0.0944. The molecule has 0 saturated heterocycles. The average molecular weight is 226 g/mol. The summed E-state index contributed by atoms with van der Waals surface area (Å²) in [5.74, 6) is 0. The van der Waals surface area contributed by atoms with Crippen LogP contribution in [0.3, 0.4) is 0 Å². The molecule has 0 amide bonds. The molecule has 1 atom stereocenters. The summed E-state index contributed by atoms with van der Waals surface area (Å²) in [7, 11) is 0. The van der Waals surface area contributed by atoms with Gasteiger partial charge in [0.2, 0.25) is 0 Å². The van der Waals surface area contributed by atoms with Crippen LogP contribution in [0.2, 0.25) is 0 Å². The molecular weight excluding hydrogens is 208 g/mol. The van der Waals surface area contributed by atoms with E-state index in [1.54, 1.807) is 6.20 Å². The van der Waals surface area contributed by atoms with E-state index in [0.717, 1.165) is 11.1 Å². The van der Waals surface area contributed by atoms with Crippen molar-refractivity contribution in [2.45, 2.75) is 26.8 Å². The Morgan fingerprint density at radius 3 is 2.41 bits per heavy atom. The summed E-state index contributed by atoms with van der Waals surface area (Å²) in [6.45, 7) is 6.29. The van der Waals surface area contributed by atoms with Crippen LogP contribution < -0.4 is 5.73 Å². The molecule has 1 heterocycles. The molecule has 88 valence electrons. The zero-order valence-electron chi connectivity index (χ0n) is 10.6. The Hall–Kier alpha value is -1.67. The minimum absolute atomic E-state index is 0.0944. The first-order chi connectivity index (χ1) is 8.09. The summed E-state index contributed by atoms with van der Waals surface area (Å²) in [6, 6.07) is 8.28. The molecule has 0 saturated carbocycles. The molecule has 0 aliphatic heterocycles. The van der Waals surface area contributed by atoms with Crippen molar-refractivity contribution in [3.8, 4) is 0 Å². The highest BCUT2D eigenvalue weighted by atomic mass is 14.7. The molecule has 1 aromatic heterocycles. The number of benzene rings is 1. The average Bonchev–Trinajstić information content (AvgIpc) is 2.32. The molecule has 0 aliphatic carbocycles. The van der Waals surface area contributed by atoms with Crippen molar-refractivity contribution in [1.29, 1.82) is 0 Å². The quantitative estimate of drug-likeness (QED) is 0.854.